The quantitative estimate of drug-likeness (QED) is 0.766. The Morgan fingerprint density at radius 3 is 2.79 bits per heavy atom. The predicted molar refractivity (Wildman–Crippen MR) is 77.0 cm³/mol. The van der Waals surface area contributed by atoms with Crippen molar-refractivity contribution in [3.8, 4) is 11.3 Å². The van der Waals surface area contributed by atoms with E-state index in [4.69, 9.17) is 4.74 Å². The number of para-hydroxylation sites is 1. The molecule has 1 atom stereocenters. The molecule has 0 bridgehead atoms. The number of nitrogens with one attached hydrogen (secondary N) is 1. The fourth-order valence-electron chi connectivity index (χ4n) is 2.30. The molecule has 3 aromatic rings. The molecule has 0 spiro atoms. The summed E-state index contributed by atoms with van der Waals surface area (Å²) in [5, 5.41) is 1.21. The molecule has 0 aliphatic carbocycles. The Labute approximate surface area is 112 Å². The van der Waals surface area contributed by atoms with Crippen LogP contribution in [0.3, 0.4) is 0 Å². The van der Waals surface area contributed by atoms with Crippen molar-refractivity contribution in [2.75, 3.05) is 7.11 Å². The molecule has 0 fully saturated rings. The van der Waals surface area contributed by atoms with Gasteiger partial charge in [0.05, 0.1) is 11.8 Å². The third-order valence-corrected chi connectivity index (χ3v) is 3.40. The lowest BCUT2D eigenvalue weighted by Gasteiger charge is -2.12. The van der Waals surface area contributed by atoms with E-state index in [-0.39, 0.29) is 6.10 Å². The number of benzene rings is 1. The minimum atomic E-state index is -0.0254. The number of fused-ring (bicyclic) bond motifs is 1. The second kappa shape index (κ2) is 4.86. The number of H-pyrrole nitrogens is 1. The summed E-state index contributed by atoms with van der Waals surface area (Å²) in [7, 11) is 1.70. The van der Waals surface area contributed by atoms with Gasteiger partial charge in [-0.05, 0) is 31.2 Å². The number of hydrogen-bond donors (Lipinski definition) is 1. The highest BCUT2D eigenvalue weighted by Gasteiger charge is 2.14. The molecule has 3 nitrogen and oxygen atoms in total. The van der Waals surface area contributed by atoms with Crippen molar-refractivity contribution >= 4 is 10.9 Å². The maximum absolute atomic E-state index is 5.40. The normalized spacial score (nSPS) is 12.7. The monoisotopic (exact) mass is 252 g/mol. The summed E-state index contributed by atoms with van der Waals surface area (Å²) < 4.78 is 5.40. The zero-order valence-corrected chi connectivity index (χ0v) is 11.1. The van der Waals surface area contributed by atoms with Gasteiger partial charge in [-0.25, -0.2) is 0 Å². The Morgan fingerprint density at radius 1 is 1.16 bits per heavy atom. The van der Waals surface area contributed by atoms with Crippen LogP contribution in [0.25, 0.3) is 22.2 Å². The van der Waals surface area contributed by atoms with Crippen LogP contribution < -0.4 is 0 Å². The van der Waals surface area contributed by atoms with Crippen LogP contribution in [0.1, 0.15) is 18.7 Å². The molecule has 96 valence electrons. The molecular weight excluding hydrogens is 236 g/mol. The van der Waals surface area contributed by atoms with Crippen LogP contribution >= 0.6 is 0 Å². The van der Waals surface area contributed by atoms with Gasteiger partial charge in [0.25, 0.3) is 0 Å². The SMILES string of the molecule is CO[C@@H](C)c1ncccc1-c1cc2ccccc2[nH]1. The lowest BCUT2D eigenvalue weighted by Crippen LogP contribution is -2.01. The first-order valence-corrected chi connectivity index (χ1v) is 6.35. The van der Waals surface area contributed by atoms with Crippen LogP contribution in [0.5, 0.6) is 0 Å². The highest BCUT2D eigenvalue weighted by Crippen LogP contribution is 2.29. The summed E-state index contributed by atoms with van der Waals surface area (Å²) in [6, 6.07) is 14.4. The molecule has 0 unspecified atom stereocenters. The molecule has 19 heavy (non-hydrogen) atoms. The van der Waals surface area contributed by atoms with Gasteiger partial charge in [-0.15, -0.1) is 0 Å². The number of hydrogen-bond acceptors (Lipinski definition) is 2. The number of aromatic nitrogens is 2. The minimum absolute atomic E-state index is 0.0254. The standard InChI is InChI=1S/C16H16N2O/c1-11(19-2)16-13(7-5-9-17-16)15-10-12-6-3-4-8-14(12)18-15/h3-11,18H,1-2H3/t11-/m0/s1. The molecule has 3 rings (SSSR count). The highest BCUT2D eigenvalue weighted by atomic mass is 16.5. The van der Waals surface area contributed by atoms with Crippen LogP contribution in [0.15, 0.2) is 48.7 Å². The molecule has 0 saturated heterocycles. The van der Waals surface area contributed by atoms with E-state index in [1.165, 1.54) is 5.39 Å². The Bertz CT molecular complexity index is 670. The van der Waals surface area contributed by atoms with Crippen molar-refractivity contribution in [1.29, 1.82) is 0 Å². The first-order chi connectivity index (χ1) is 9.29. The minimum Gasteiger partial charge on any atom is -0.375 e. The molecule has 0 saturated carbocycles. The van der Waals surface area contributed by atoms with Crippen molar-refractivity contribution in [3.05, 3.63) is 54.4 Å². The molecule has 1 N–H and O–H groups in total. The van der Waals surface area contributed by atoms with E-state index in [9.17, 15) is 0 Å². The van der Waals surface area contributed by atoms with Crippen LogP contribution in [-0.2, 0) is 4.74 Å². The van der Waals surface area contributed by atoms with Gasteiger partial charge in [-0.1, -0.05) is 18.2 Å². The molecule has 1 aromatic carbocycles. The lowest BCUT2D eigenvalue weighted by atomic mass is 10.1. The van der Waals surface area contributed by atoms with Gasteiger partial charge in [-0.3, -0.25) is 4.98 Å². The van der Waals surface area contributed by atoms with E-state index in [1.54, 1.807) is 13.3 Å². The van der Waals surface area contributed by atoms with Crippen LogP contribution in [0, 0.1) is 0 Å². The van der Waals surface area contributed by atoms with E-state index in [0.717, 1.165) is 22.5 Å². The summed E-state index contributed by atoms with van der Waals surface area (Å²) in [6.45, 7) is 2.01. The number of nitrogens with zero attached hydrogens (tertiary/aromatic N) is 1. The topological polar surface area (TPSA) is 37.9 Å². The van der Waals surface area contributed by atoms with Crippen LogP contribution in [-0.4, -0.2) is 17.1 Å². The molecule has 0 amide bonds. The molecule has 0 aliphatic rings. The highest BCUT2D eigenvalue weighted by molar-refractivity contribution is 5.86. The molecule has 0 aliphatic heterocycles. The largest absolute Gasteiger partial charge is 0.375 e. The second-order valence-corrected chi connectivity index (χ2v) is 4.58. The van der Waals surface area contributed by atoms with E-state index < -0.39 is 0 Å². The average molecular weight is 252 g/mol. The maximum Gasteiger partial charge on any atom is 0.0969 e. The molecule has 3 heteroatoms. The van der Waals surface area contributed by atoms with E-state index in [2.05, 4.69) is 34.2 Å². The van der Waals surface area contributed by atoms with Crippen molar-refractivity contribution in [3.63, 3.8) is 0 Å². The summed E-state index contributed by atoms with van der Waals surface area (Å²) >= 11 is 0. The molecular formula is C16H16N2O. The number of methoxy groups -OCH3 is 1. The van der Waals surface area contributed by atoms with E-state index in [1.807, 2.05) is 25.1 Å². The smallest absolute Gasteiger partial charge is 0.0969 e. The fourth-order valence-corrected chi connectivity index (χ4v) is 2.30. The first-order valence-electron chi connectivity index (χ1n) is 6.35. The number of aromatic amines is 1. The number of rotatable bonds is 3. The third-order valence-electron chi connectivity index (χ3n) is 3.40. The van der Waals surface area contributed by atoms with E-state index >= 15 is 0 Å². The van der Waals surface area contributed by atoms with Crippen LogP contribution in [0.2, 0.25) is 0 Å². The van der Waals surface area contributed by atoms with Gasteiger partial charge in [0, 0.05) is 35.5 Å². The molecule has 2 heterocycles. The zero-order valence-electron chi connectivity index (χ0n) is 11.1. The first kappa shape index (κ1) is 11.9. The van der Waals surface area contributed by atoms with Gasteiger partial charge < -0.3 is 9.72 Å². The summed E-state index contributed by atoms with van der Waals surface area (Å²) in [6.07, 6.45) is 1.78. The fraction of sp³-hybridized carbons (Fsp3) is 0.188. The van der Waals surface area contributed by atoms with Crippen molar-refractivity contribution in [2.24, 2.45) is 0 Å². The second-order valence-electron chi connectivity index (χ2n) is 4.58. The average Bonchev–Trinajstić information content (AvgIpc) is 2.90. The third kappa shape index (κ3) is 2.13. The Hall–Kier alpha value is -2.13. The summed E-state index contributed by atoms with van der Waals surface area (Å²) in [5.74, 6) is 0. The molecule has 0 radical (unpaired) electrons. The van der Waals surface area contributed by atoms with Gasteiger partial charge >= 0.3 is 0 Å². The summed E-state index contributed by atoms with van der Waals surface area (Å²) in [4.78, 5) is 7.89. The molecule has 2 aromatic heterocycles. The summed E-state index contributed by atoms with van der Waals surface area (Å²) in [5.41, 5.74) is 4.26. The van der Waals surface area contributed by atoms with Crippen LogP contribution in [0.4, 0.5) is 0 Å². The van der Waals surface area contributed by atoms with Gasteiger partial charge in [-0.2, -0.15) is 0 Å². The lowest BCUT2D eigenvalue weighted by molar-refractivity contribution is 0.116. The van der Waals surface area contributed by atoms with Gasteiger partial charge in [0.1, 0.15) is 0 Å². The van der Waals surface area contributed by atoms with Gasteiger partial charge in [0.15, 0.2) is 0 Å². The zero-order chi connectivity index (χ0) is 13.2. The number of pyridine rings is 1. The van der Waals surface area contributed by atoms with E-state index in [0.29, 0.717) is 0 Å². The van der Waals surface area contributed by atoms with Crippen molar-refractivity contribution in [1.82, 2.24) is 9.97 Å². The maximum atomic E-state index is 5.40. The Kier molecular flexibility index (Phi) is 3.05. The van der Waals surface area contributed by atoms with Crippen molar-refractivity contribution in [2.45, 2.75) is 13.0 Å². The van der Waals surface area contributed by atoms with Crippen molar-refractivity contribution < 1.29 is 4.74 Å². The van der Waals surface area contributed by atoms with Gasteiger partial charge in [0.2, 0.25) is 0 Å². The Balaban J connectivity index is 2.15. The number of ether oxygens (including phenoxy) is 1. The predicted octanol–water partition coefficient (Wildman–Crippen LogP) is 3.94. The Morgan fingerprint density at radius 2 is 2.00 bits per heavy atom.